The quantitative estimate of drug-likeness (QED) is 0.683. The van der Waals surface area contributed by atoms with Crippen molar-refractivity contribution in [3.05, 3.63) is 65.0 Å². The van der Waals surface area contributed by atoms with Crippen LogP contribution in [-0.2, 0) is 6.18 Å². The van der Waals surface area contributed by atoms with E-state index in [0.717, 1.165) is 36.5 Å². The molecule has 9 heteroatoms. The summed E-state index contributed by atoms with van der Waals surface area (Å²) in [6, 6.07) is 5.15. The van der Waals surface area contributed by atoms with Gasteiger partial charge in [-0.3, -0.25) is 9.78 Å². The average Bonchev–Trinajstić information content (AvgIpc) is 2.88. The number of carbonyl (C=O) groups excluding carboxylic acids is 1. The van der Waals surface area contributed by atoms with E-state index < -0.39 is 29.4 Å². The van der Waals surface area contributed by atoms with Gasteiger partial charge in [0.25, 0.3) is 5.91 Å². The molecule has 0 unspecified atom stereocenters. The molecule has 0 aliphatic carbocycles. The van der Waals surface area contributed by atoms with E-state index >= 15 is 0 Å². The van der Waals surface area contributed by atoms with Crippen molar-refractivity contribution in [1.82, 2.24) is 9.88 Å². The molecule has 0 saturated carbocycles. The van der Waals surface area contributed by atoms with Crippen LogP contribution < -0.4 is 0 Å². The van der Waals surface area contributed by atoms with Crippen LogP contribution in [0.2, 0.25) is 0 Å². The standard InChI is InChI=1S/C18H15F5N2OS/c19-12-2-3-14(20)13(9-12)15-5-6-25(7-8-27-15)17(26)11-1-4-16(24-10-11)18(21,22)23/h1-4,9-10,15H,5-8H2/t15-/m0/s1. The molecule has 1 aromatic heterocycles. The highest BCUT2D eigenvalue weighted by atomic mass is 32.2. The van der Waals surface area contributed by atoms with Crippen molar-refractivity contribution in [2.75, 3.05) is 18.8 Å². The molecule has 1 aliphatic rings. The number of carbonyl (C=O) groups is 1. The van der Waals surface area contributed by atoms with E-state index in [9.17, 15) is 26.7 Å². The van der Waals surface area contributed by atoms with E-state index in [4.69, 9.17) is 0 Å². The Morgan fingerprint density at radius 3 is 2.59 bits per heavy atom. The topological polar surface area (TPSA) is 33.2 Å². The van der Waals surface area contributed by atoms with Gasteiger partial charge in [0.2, 0.25) is 0 Å². The molecule has 1 saturated heterocycles. The molecule has 3 rings (SSSR count). The Morgan fingerprint density at radius 2 is 1.93 bits per heavy atom. The van der Waals surface area contributed by atoms with Gasteiger partial charge in [-0.1, -0.05) is 0 Å². The second kappa shape index (κ2) is 7.84. The van der Waals surface area contributed by atoms with Gasteiger partial charge in [0, 0.05) is 35.9 Å². The molecule has 1 aromatic carbocycles. The summed E-state index contributed by atoms with van der Waals surface area (Å²) in [6.07, 6.45) is -3.25. The first-order valence-electron chi connectivity index (χ1n) is 8.15. The van der Waals surface area contributed by atoms with Gasteiger partial charge in [-0.25, -0.2) is 8.78 Å². The van der Waals surface area contributed by atoms with Crippen molar-refractivity contribution >= 4 is 17.7 Å². The molecule has 0 bridgehead atoms. The van der Waals surface area contributed by atoms with Crippen molar-refractivity contribution in [3.8, 4) is 0 Å². The van der Waals surface area contributed by atoms with E-state index in [-0.39, 0.29) is 22.9 Å². The van der Waals surface area contributed by atoms with Gasteiger partial charge in [0.15, 0.2) is 0 Å². The van der Waals surface area contributed by atoms with Crippen molar-refractivity contribution in [2.45, 2.75) is 17.8 Å². The highest BCUT2D eigenvalue weighted by molar-refractivity contribution is 7.99. The molecule has 3 nitrogen and oxygen atoms in total. The monoisotopic (exact) mass is 402 g/mol. The van der Waals surface area contributed by atoms with Crippen LogP contribution in [0.5, 0.6) is 0 Å². The van der Waals surface area contributed by atoms with Gasteiger partial charge in [0.05, 0.1) is 5.56 Å². The maximum absolute atomic E-state index is 14.0. The number of alkyl halides is 3. The highest BCUT2D eigenvalue weighted by Gasteiger charge is 2.32. The fourth-order valence-electron chi connectivity index (χ4n) is 2.85. The van der Waals surface area contributed by atoms with Crippen LogP contribution in [0.4, 0.5) is 22.0 Å². The molecule has 1 amide bonds. The maximum Gasteiger partial charge on any atom is 0.433 e. The summed E-state index contributed by atoms with van der Waals surface area (Å²) in [5.41, 5.74) is -0.749. The number of thioether (sulfide) groups is 1. The van der Waals surface area contributed by atoms with Crippen molar-refractivity contribution in [3.63, 3.8) is 0 Å². The Kier molecular flexibility index (Phi) is 5.69. The minimum atomic E-state index is -4.57. The van der Waals surface area contributed by atoms with Crippen LogP contribution in [0, 0.1) is 11.6 Å². The Hall–Kier alpha value is -2.16. The van der Waals surface area contributed by atoms with Crippen LogP contribution >= 0.6 is 11.8 Å². The van der Waals surface area contributed by atoms with Crippen LogP contribution in [0.15, 0.2) is 36.5 Å². The largest absolute Gasteiger partial charge is 0.433 e. The van der Waals surface area contributed by atoms with E-state index in [1.165, 1.54) is 16.7 Å². The minimum Gasteiger partial charge on any atom is -0.338 e. The van der Waals surface area contributed by atoms with Gasteiger partial charge in [-0.2, -0.15) is 24.9 Å². The van der Waals surface area contributed by atoms with E-state index in [1.807, 2.05) is 0 Å². The first kappa shape index (κ1) is 19.6. The van der Waals surface area contributed by atoms with Crippen molar-refractivity contribution in [2.24, 2.45) is 0 Å². The molecule has 1 aliphatic heterocycles. The number of amides is 1. The molecule has 2 heterocycles. The molecule has 0 radical (unpaired) electrons. The summed E-state index contributed by atoms with van der Waals surface area (Å²) in [7, 11) is 0. The Labute approximate surface area is 156 Å². The molecular weight excluding hydrogens is 387 g/mol. The lowest BCUT2D eigenvalue weighted by atomic mass is 10.1. The Morgan fingerprint density at radius 1 is 1.15 bits per heavy atom. The summed E-state index contributed by atoms with van der Waals surface area (Å²) < 4.78 is 65.1. The number of rotatable bonds is 2. The lowest BCUT2D eigenvalue weighted by Gasteiger charge is -2.20. The summed E-state index contributed by atoms with van der Waals surface area (Å²) in [5, 5.41) is -0.302. The second-order valence-corrected chi connectivity index (χ2v) is 7.35. The van der Waals surface area contributed by atoms with Gasteiger partial charge >= 0.3 is 6.18 Å². The zero-order chi connectivity index (χ0) is 19.6. The summed E-state index contributed by atoms with van der Waals surface area (Å²) in [5.74, 6) is -0.960. The molecule has 2 aromatic rings. The van der Waals surface area contributed by atoms with Gasteiger partial charge in [-0.15, -0.1) is 0 Å². The van der Waals surface area contributed by atoms with Gasteiger partial charge < -0.3 is 4.90 Å². The predicted octanol–water partition coefficient (Wildman–Crippen LogP) is 4.70. The second-order valence-electron chi connectivity index (χ2n) is 6.04. The van der Waals surface area contributed by atoms with Crippen LogP contribution in [0.25, 0.3) is 0 Å². The summed E-state index contributed by atoms with van der Waals surface area (Å²) >= 11 is 1.42. The summed E-state index contributed by atoms with van der Waals surface area (Å²) in [4.78, 5) is 17.3. The first-order valence-corrected chi connectivity index (χ1v) is 9.19. The van der Waals surface area contributed by atoms with Crippen LogP contribution in [0.3, 0.4) is 0 Å². The van der Waals surface area contributed by atoms with Crippen LogP contribution in [-0.4, -0.2) is 34.6 Å². The maximum atomic E-state index is 14.0. The zero-order valence-electron chi connectivity index (χ0n) is 14.0. The number of hydrogen-bond donors (Lipinski definition) is 0. The number of pyridine rings is 1. The number of nitrogens with zero attached hydrogens (tertiary/aromatic N) is 2. The van der Waals surface area contributed by atoms with E-state index in [0.29, 0.717) is 18.7 Å². The molecule has 1 atom stereocenters. The Bertz CT molecular complexity index is 825. The third-order valence-corrected chi connectivity index (χ3v) is 5.54. The Balaban J connectivity index is 1.70. The number of aromatic nitrogens is 1. The fourth-order valence-corrected chi connectivity index (χ4v) is 4.10. The van der Waals surface area contributed by atoms with E-state index in [2.05, 4.69) is 4.98 Å². The van der Waals surface area contributed by atoms with Crippen LogP contribution in [0.1, 0.15) is 33.3 Å². The van der Waals surface area contributed by atoms with Gasteiger partial charge in [-0.05, 0) is 36.8 Å². The SMILES string of the molecule is O=C(c1ccc(C(F)(F)F)nc1)N1CCS[C@H](c2cc(F)ccc2F)CC1. The molecule has 0 spiro atoms. The van der Waals surface area contributed by atoms with Crippen molar-refractivity contribution in [1.29, 1.82) is 0 Å². The van der Waals surface area contributed by atoms with Gasteiger partial charge in [0.1, 0.15) is 17.3 Å². The third-order valence-electron chi connectivity index (χ3n) is 4.23. The molecule has 144 valence electrons. The average molecular weight is 402 g/mol. The minimum absolute atomic E-state index is 0.0587. The molecule has 1 fully saturated rings. The van der Waals surface area contributed by atoms with E-state index in [1.54, 1.807) is 0 Å². The first-order chi connectivity index (χ1) is 12.8. The lowest BCUT2D eigenvalue weighted by molar-refractivity contribution is -0.141. The lowest BCUT2D eigenvalue weighted by Crippen LogP contribution is -2.33. The predicted molar refractivity (Wildman–Crippen MR) is 91.3 cm³/mol. The van der Waals surface area contributed by atoms with Crippen molar-refractivity contribution < 1.29 is 26.7 Å². The molecular formula is C18H15F5N2OS. The number of halogens is 5. The normalized spacial score (nSPS) is 18.3. The third kappa shape index (κ3) is 4.58. The molecule has 27 heavy (non-hydrogen) atoms. The smallest absolute Gasteiger partial charge is 0.338 e. The summed E-state index contributed by atoms with van der Waals surface area (Å²) in [6.45, 7) is 0.644. The number of hydrogen-bond acceptors (Lipinski definition) is 3. The zero-order valence-corrected chi connectivity index (χ0v) is 14.8. The highest BCUT2D eigenvalue weighted by Crippen LogP contribution is 2.36. The molecule has 0 N–H and O–H groups in total. The fraction of sp³-hybridized carbons (Fsp3) is 0.333. The number of benzene rings is 1.